The molecule has 73 heavy (non-hydrogen) atoms. The zero-order chi connectivity index (χ0) is 52.9. The largest absolute Gasteiger partial charge is 0.462 e. The molecule has 6 nitrogen and oxygen atoms in total. The highest BCUT2D eigenvalue weighted by Crippen LogP contribution is 2.17. The van der Waals surface area contributed by atoms with Crippen molar-refractivity contribution < 1.29 is 28.6 Å². The zero-order valence-electron chi connectivity index (χ0n) is 48.7. The summed E-state index contributed by atoms with van der Waals surface area (Å²) in [7, 11) is 0. The van der Waals surface area contributed by atoms with Gasteiger partial charge in [-0.2, -0.15) is 0 Å². The fourth-order valence-electron chi connectivity index (χ4n) is 9.21. The van der Waals surface area contributed by atoms with Crippen molar-refractivity contribution in [1.82, 2.24) is 0 Å². The molecule has 424 valence electrons. The molecular formula is C67H120O6. The van der Waals surface area contributed by atoms with E-state index in [4.69, 9.17) is 14.2 Å². The van der Waals surface area contributed by atoms with Gasteiger partial charge in [-0.1, -0.05) is 268 Å². The van der Waals surface area contributed by atoms with Crippen molar-refractivity contribution in [3.8, 4) is 0 Å². The second-order valence-electron chi connectivity index (χ2n) is 21.3. The monoisotopic (exact) mass is 1020 g/mol. The fraction of sp³-hybridized carbons (Fsp3) is 0.806. The van der Waals surface area contributed by atoms with Crippen LogP contribution in [0.2, 0.25) is 0 Å². The Labute approximate surface area is 453 Å². The standard InChI is InChI=1S/C67H120O6/c1-4-7-10-13-16-19-22-25-27-29-31-32-33-34-36-37-39-42-45-48-51-54-57-60-66(69)72-63-64(62-71-65(68)59-56-53-50-47-44-41-24-21-18-15-12-9-6-3)73-67(70)61-58-55-52-49-46-43-40-38-35-30-28-26-23-20-17-14-11-8-5-2/h9,12,18,21,26,28-29,31,41,44,64H,4-8,10-11,13-17,19-20,22-25,27,30,32-40,42-43,45-63H2,1-3H3/b12-9-,21-18-,28-26-,31-29-,44-41-. The molecule has 0 radical (unpaired) electrons. The summed E-state index contributed by atoms with van der Waals surface area (Å²) in [6.45, 7) is 6.54. The van der Waals surface area contributed by atoms with Gasteiger partial charge in [0, 0.05) is 19.3 Å². The van der Waals surface area contributed by atoms with Gasteiger partial charge in [-0.3, -0.25) is 14.4 Å². The molecule has 6 heteroatoms. The number of allylic oxidation sites excluding steroid dienone is 10. The van der Waals surface area contributed by atoms with Gasteiger partial charge in [0.25, 0.3) is 0 Å². The lowest BCUT2D eigenvalue weighted by molar-refractivity contribution is -0.167. The minimum Gasteiger partial charge on any atom is -0.462 e. The minimum absolute atomic E-state index is 0.0830. The van der Waals surface area contributed by atoms with Crippen molar-refractivity contribution >= 4 is 17.9 Å². The number of hydrogen-bond donors (Lipinski definition) is 0. The second-order valence-corrected chi connectivity index (χ2v) is 21.3. The van der Waals surface area contributed by atoms with Gasteiger partial charge in [0.2, 0.25) is 0 Å². The minimum atomic E-state index is -0.788. The van der Waals surface area contributed by atoms with Crippen LogP contribution in [0.4, 0.5) is 0 Å². The summed E-state index contributed by atoms with van der Waals surface area (Å²) in [6, 6.07) is 0. The van der Waals surface area contributed by atoms with Crippen LogP contribution in [0.25, 0.3) is 0 Å². The predicted molar refractivity (Wildman–Crippen MR) is 316 cm³/mol. The molecule has 0 saturated carbocycles. The third-order valence-corrected chi connectivity index (χ3v) is 14.0. The van der Waals surface area contributed by atoms with Gasteiger partial charge in [0.05, 0.1) is 0 Å². The lowest BCUT2D eigenvalue weighted by atomic mass is 10.0. The van der Waals surface area contributed by atoms with E-state index in [0.29, 0.717) is 19.3 Å². The van der Waals surface area contributed by atoms with Crippen LogP contribution in [0.15, 0.2) is 60.8 Å². The molecular weight excluding hydrogens is 901 g/mol. The second kappa shape index (κ2) is 61.7. The normalized spacial score (nSPS) is 12.4. The average molecular weight is 1020 g/mol. The van der Waals surface area contributed by atoms with Crippen LogP contribution in [0.3, 0.4) is 0 Å². The van der Waals surface area contributed by atoms with E-state index in [2.05, 4.69) is 81.5 Å². The lowest BCUT2D eigenvalue weighted by Crippen LogP contribution is -2.30. The average Bonchev–Trinajstić information content (AvgIpc) is 3.39. The number of esters is 3. The summed E-state index contributed by atoms with van der Waals surface area (Å²) in [5, 5.41) is 0. The van der Waals surface area contributed by atoms with E-state index in [1.54, 1.807) is 0 Å². The summed E-state index contributed by atoms with van der Waals surface area (Å²) in [5.74, 6) is -0.901. The van der Waals surface area contributed by atoms with Gasteiger partial charge in [-0.25, -0.2) is 0 Å². The van der Waals surface area contributed by atoms with Crippen molar-refractivity contribution in [2.75, 3.05) is 13.2 Å². The van der Waals surface area contributed by atoms with E-state index >= 15 is 0 Å². The number of carbonyl (C=O) groups is 3. The molecule has 0 aromatic carbocycles. The molecule has 0 N–H and O–H groups in total. The maximum Gasteiger partial charge on any atom is 0.306 e. The molecule has 0 spiro atoms. The quantitative estimate of drug-likeness (QED) is 0.0261. The Kier molecular flexibility index (Phi) is 59.2. The van der Waals surface area contributed by atoms with Crippen LogP contribution < -0.4 is 0 Å². The van der Waals surface area contributed by atoms with Gasteiger partial charge in [-0.15, -0.1) is 0 Å². The first-order chi connectivity index (χ1) is 36.0. The SMILES string of the molecule is CC/C=C\C/C=C\C/C=C\CCCCCC(=O)OCC(COC(=O)CCCCCCCCCCCCC/C=C\CCCCCCCCCC)OC(=O)CCCCCCCCCCC/C=C\CCCCCCCC. The summed E-state index contributed by atoms with van der Waals surface area (Å²) >= 11 is 0. The van der Waals surface area contributed by atoms with Crippen molar-refractivity contribution in [3.63, 3.8) is 0 Å². The number of unbranched alkanes of at least 4 members (excludes halogenated alkanes) is 37. The van der Waals surface area contributed by atoms with Crippen LogP contribution in [-0.2, 0) is 28.6 Å². The van der Waals surface area contributed by atoms with Crippen LogP contribution in [0.1, 0.15) is 329 Å². The molecule has 0 aromatic heterocycles. The highest BCUT2D eigenvalue weighted by molar-refractivity contribution is 5.71. The van der Waals surface area contributed by atoms with Crippen molar-refractivity contribution in [3.05, 3.63) is 60.8 Å². The molecule has 0 saturated heterocycles. The first-order valence-corrected chi connectivity index (χ1v) is 31.8. The van der Waals surface area contributed by atoms with E-state index in [0.717, 1.165) is 83.5 Å². The molecule has 0 amide bonds. The van der Waals surface area contributed by atoms with E-state index in [-0.39, 0.29) is 31.1 Å². The molecule has 0 bridgehead atoms. The Balaban J connectivity index is 4.31. The first-order valence-electron chi connectivity index (χ1n) is 31.8. The van der Waals surface area contributed by atoms with Gasteiger partial charge >= 0.3 is 17.9 Å². The molecule has 0 aliphatic rings. The smallest absolute Gasteiger partial charge is 0.306 e. The van der Waals surface area contributed by atoms with Gasteiger partial charge < -0.3 is 14.2 Å². The number of ether oxygens (including phenoxy) is 3. The Bertz CT molecular complexity index is 1310. The Morgan fingerprint density at radius 2 is 0.534 bits per heavy atom. The highest BCUT2D eigenvalue weighted by Gasteiger charge is 2.19. The van der Waals surface area contributed by atoms with Crippen molar-refractivity contribution in [2.45, 2.75) is 335 Å². The van der Waals surface area contributed by atoms with Crippen LogP contribution in [0.5, 0.6) is 0 Å². The third-order valence-electron chi connectivity index (χ3n) is 14.0. The predicted octanol–water partition coefficient (Wildman–Crippen LogP) is 21.6. The van der Waals surface area contributed by atoms with E-state index < -0.39 is 6.10 Å². The van der Waals surface area contributed by atoms with E-state index in [1.165, 1.54) is 205 Å². The lowest BCUT2D eigenvalue weighted by Gasteiger charge is -2.18. The summed E-state index contributed by atoms with van der Waals surface area (Å²) in [4.78, 5) is 38.3. The first kappa shape index (κ1) is 70.1. The zero-order valence-corrected chi connectivity index (χ0v) is 48.7. The van der Waals surface area contributed by atoms with Crippen molar-refractivity contribution in [1.29, 1.82) is 0 Å². The summed E-state index contributed by atoms with van der Waals surface area (Å²) in [5.41, 5.74) is 0. The maximum absolute atomic E-state index is 12.9. The number of hydrogen-bond acceptors (Lipinski definition) is 6. The maximum atomic E-state index is 12.9. The molecule has 1 unspecified atom stereocenters. The van der Waals surface area contributed by atoms with Gasteiger partial charge in [-0.05, 0) is 103 Å². The van der Waals surface area contributed by atoms with Gasteiger partial charge in [0.15, 0.2) is 6.10 Å². The Hall–Kier alpha value is -2.89. The molecule has 0 aromatic rings. The number of carbonyl (C=O) groups excluding carboxylic acids is 3. The topological polar surface area (TPSA) is 78.9 Å². The summed E-state index contributed by atoms with van der Waals surface area (Å²) < 4.78 is 16.9. The Morgan fingerprint density at radius 1 is 0.288 bits per heavy atom. The molecule has 0 aliphatic carbocycles. The van der Waals surface area contributed by atoms with Crippen molar-refractivity contribution in [2.24, 2.45) is 0 Å². The Morgan fingerprint density at radius 3 is 0.863 bits per heavy atom. The molecule has 0 aliphatic heterocycles. The summed E-state index contributed by atoms with van der Waals surface area (Å²) in [6.07, 6.45) is 78.0. The van der Waals surface area contributed by atoms with Crippen LogP contribution in [0, 0.1) is 0 Å². The molecule has 1 atom stereocenters. The molecule has 0 heterocycles. The van der Waals surface area contributed by atoms with Crippen LogP contribution in [-0.4, -0.2) is 37.2 Å². The molecule has 0 rings (SSSR count). The van der Waals surface area contributed by atoms with Crippen LogP contribution >= 0.6 is 0 Å². The highest BCUT2D eigenvalue weighted by atomic mass is 16.6. The van der Waals surface area contributed by atoms with Gasteiger partial charge in [0.1, 0.15) is 13.2 Å². The number of rotatable bonds is 58. The third kappa shape index (κ3) is 59.9. The fourth-order valence-corrected chi connectivity index (χ4v) is 9.21. The van der Waals surface area contributed by atoms with E-state index in [9.17, 15) is 14.4 Å². The molecule has 0 fully saturated rings. The van der Waals surface area contributed by atoms with E-state index in [1.807, 2.05) is 0 Å².